The molecule has 5 heteroatoms. The van der Waals surface area contributed by atoms with Gasteiger partial charge in [0.05, 0.1) is 11.3 Å². The molecule has 0 aliphatic carbocycles. The Morgan fingerprint density at radius 2 is 1.63 bits per heavy atom. The van der Waals surface area contributed by atoms with E-state index in [1.165, 1.54) is 6.07 Å². The van der Waals surface area contributed by atoms with Crippen LogP contribution < -0.4 is 0 Å². The van der Waals surface area contributed by atoms with Gasteiger partial charge in [-0.3, -0.25) is 9.59 Å². The fourth-order valence-electron chi connectivity index (χ4n) is 2.41. The van der Waals surface area contributed by atoms with Gasteiger partial charge < -0.3 is 9.47 Å². The van der Waals surface area contributed by atoms with E-state index in [1.54, 1.807) is 39.8 Å². The van der Waals surface area contributed by atoms with E-state index in [0.717, 1.165) is 5.56 Å². The van der Waals surface area contributed by atoms with E-state index >= 15 is 0 Å². The minimum Gasteiger partial charge on any atom is -0.462 e. The zero-order chi connectivity index (χ0) is 20.0. The molecule has 0 aliphatic rings. The molecule has 0 fully saturated rings. The first-order valence-corrected chi connectivity index (χ1v) is 8.89. The van der Waals surface area contributed by atoms with Crippen LogP contribution in [0.3, 0.4) is 0 Å². The number of carbonyl (C=O) groups is 2. The van der Waals surface area contributed by atoms with Crippen LogP contribution >= 0.6 is 0 Å². The highest BCUT2D eigenvalue weighted by Crippen LogP contribution is 2.26. The van der Waals surface area contributed by atoms with Crippen LogP contribution in [0, 0.1) is 11.2 Å². The fraction of sp³-hybridized carbons (Fsp3) is 0.364. The van der Waals surface area contributed by atoms with Crippen molar-refractivity contribution in [2.24, 2.45) is 5.41 Å². The Bertz CT molecular complexity index is 794. The molecule has 1 unspecified atom stereocenters. The number of carbonyl (C=O) groups excluding carboxylic acids is 2. The summed E-state index contributed by atoms with van der Waals surface area (Å²) in [6.45, 7) is 6.86. The van der Waals surface area contributed by atoms with Crippen molar-refractivity contribution >= 4 is 11.9 Å². The summed E-state index contributed by atoms with van der Waals surface area (Å²) in [6.07, 6.45) is 0. The molecule has 0 spiro atoms. The second-order valence-electron chi connectivity index (χ2n) is 7.38. The second-order valence-corrected chi connectivity index (χ2v) is 7.38. The largest absolute Gasteiger partial charge is 0.462 e. The quantitative estimate of drug-likeness (QED) is 0.543. The number of hydrogen-bond donors (Lipinski definition) is 0. The Balaban J connectivity index is 1.93. The molecule has 1 atom stereocenters. The lowest BCUT2D eigenvalue weighted by molar-refractivity contribution is -0.158. The van der Waals surface area contributed by atoms with E-state index in [0.29, 0.717) is 11.1 Å². The Kier molecular flexibility index (Phi) is 6.72. The van der Waals surface area contributed by atoms with Crippen LogP contribution in [-0.4, -0.2) is 25.2 Å². The molecule has 0 heterocycles. The van der Waals surface area contributed by atoms with Crippen molar-refractivity contribution in [3.05, 3.63) is 59.9 Å². The number of rotatable bonds is 6. The average molecular weight is 372 g/mol. The van der Waals surface area contributed by atoms with Crippen molar-refractivity contribution in [1.82, 2.24) is 0 Å². The van der Waals surface area contributed by atoms with Crippen LogP contribution in [0.15, 0.2) is 48.5 Å². The molecule has 2 aromatic carbocycles. The minimum absolute atomic E-state index is 0.00410. The molecular weight excluding hydrogens is 347 g/mol. The third kappa shape index (κ3) is 5.64. The normalized spacial score (nSPS) is 12.3. The molecule has 0 amide bonds. The highest BCUT2D eigenvalue weighted by molar-refractivity contribution is 5.78. The maximum Gasteiger partial charge on any atom is 0.313 e. The second kappa shape index (κ2) is 8.80. The van der Waals surface area contributed by atoms with Crippen LogP contribution in [0.25, 0.3) is 11.1 Å². The third-order valence-electron chi connectivity index (χ3n) is 4.10. The molecule has 0 saturated heterocycles. The summed E-state index contributed by atoms with van der Waals surface area (Å²) in [5.74, 6) is -1.86. The van der Waals surface area contributed by atoms with Gasteiger partial charge in [-0.05, 0) is 44.9 Å². The van der Waals surface area contributed by atoms with Crippen molar-refractivity contribution in [2.75, 3.05) is 13.2 Å². The third-order valence-corrected chi connectivity index (χ3v) is 4.10. The van der Waals surface area contributed by atoms with E-state index in [4.69, 9.17) is 9.47 Å². The molecule has 2 rings (SSSR count). The van der Waals surface area contributed by atoms with Crippen LogP contribution in [0.5, 0.6) is 0 Å². The van der Waals surface area contributed by atoms with Crippen LogP contribution in [0.4, 0.5) is 4.39 Å². The highest BCUT2D eigenvalue weighted by Gasteiger charge is 2.23. The van der Waals surface area contributed by atoms with E-state index in [-0.39, 0.29) is 19.2 Å². The molecule has 0 saturated carbocycles. The van der Waals surface area contributed by atoms with Crippen molar-refractivity contribution in [1.29, 1.82) is 0 Å². The van der Waals surface area contributed by atoms with Crippen LogP contribution in [0.2, 0.25) is 0 Å². The van der Waals surface area contributed by atoms with E-state index in [2.05, 4.69) is 0 Å². The topological polar surface area (TPSA) is 52.6 Å². The van der Waals surface area contributed by atoms with Crippen LogP contribution in [0.1, 0.15) is 39.2 Å². The van der Waals surface area contributed by atoms with E-state index < -0.39 is 23.1 Å². The average Bonchev–Trinajstić information content (AvgIpc) is 2.64. The summed E-state index contributed by atoms with van der Waals surface area (Å²) in [7, 11) is 0. The summed E-state index contributed by atoms with van der Waals surface area (Å²) < 4.78 is 24.6. The lowest BCUT2D eigenvalue weighted by Crippen LogP contribution is -2.25. The number of hydrogen-bond acceptors (Lipinski definition) is 4. The van der Waals surface area contributed by atoms with Gasteiger partial charge in [0, 0.05) is 5.56 Å². The van der Waals surface area contributed by atoms with Crippen molar-refractivity contribution < 1.29 is 23.5 Å². The molecule has 27 heavy (non-hydrogen) atoms. The van der Waals surface area contributed by atoms with Crippen molar-refractivity contribution in [3.63, 3.8) is 0 Å². The van der Waals surface area contributed by atoms with Gasteiger partial charge in [0.1, 0.15) is 19.0 Å². The molecule has 0 radical (unpaired) electrons. The fourth-order valence-corrected chi connectivity index (χ4v) is 2.41. The first-order chi connectivity index (χ1) is 12.7. The SMILES string of the molecule is CC(C(=O)OCCOC(=O)C(C)(C)C)c1ccc(-c2ccccc2)c(F)c1. The number of esters is 2. The van der Waals surface area contributed by atoms with Gasteiger partial charge in [-0.15, -0.1) is 0 Å². The number of ether oxygens (including phenoxy) is 2. The van der Waals surface area contributed by atoms with E-state index in [1.807, 2.05) is 30.3 Å². The first kappa shape index (κ1) is 20.6. The maximum absolute atomic E-state index is 14.5. The molecule has 0 N–H and O–H groups in total. The standard InChI is InChI=1S/C22H25FO4/c1-15(20(24)26-12-13-27-21(25)22(2,3)4)17-10-11-18(19(23)14-17)16-8-6-5-7-9-16/h5-11,14-15H,12-13H2,1-4H3. The molecule has 0 bridgehead atoms. The Labute approximate surface area is 159 Å². The number of halogens is 1. The maximum atomic E-state index is 14.5. The highest BCUT2D eigenvalue weighted by atomic mass is 19.1. The van der Waals surface area contributed by atoms with Gasteiger partial charge in [-0.25, -0.2) is 4.39 Å². The zero-order valence-electron chi connectivity index (χ0n) is 16.1. The van der Waals surface area contributed by atoms with Crippen molar-refractivity contribution in [3.8, 4) is 11.1 Å². The Morgan fingerprint density at radius 1 is 1.00 bits per heavy atom. The first-order valence-electron chi connectivity index (χ1n) is 8.89. The summed E-state index contributed by atoms with van der Waals surface area (Å²) in [5.41, 5.74) is 1.19. The zero-order valence-corrected chi connectivity index (χ0v) is 16.1. The number of benzene rings is 2. The molecule has 4 nitrogen and oxygen atoms in total. The predicted molar refractivity (Wildman–Crippen MR) is 102 cm³/mol. The van der Waals surface area contributed by atoms with Gasteiger partial charge in [0.25, 0.3) is 0 Å². The molecular formula is C22H25FO4. The van der Waals surface area contributed by atoms with Crippen LogP contribution in [-0.2, 0) is 19.1 Å². The molecule has 0 aromatic heterocycles. The van der Waals surface area contributed by atoms with Gasteiger partial charge in [-0.1, -0.05) is 42.5 Å². The monoisotopic (exact) mass is 372 g/mol. The Morgan fingerprint density at radius 3 is 2.22 bits per heavy atom. The van der Waals surface area contributed by atoms with Gasteiger partial charge in [0.2, 0.25) is 0 Å². The molecule has 2 aromatic rings. The van der Waals surface area contributed by atoms with Crippen molar-refractivity contribution in [2.45, 2.75) is 33.6 Å². The predicted octanol–water partition coefficient (Wildman–Crippen LogP) is 4.73. The summed E-state index contributed by atoms with van der Waals surface area (Å²) >= 11 is 0. The van der Waals surface area contributed by atoms with Gasteiger partial charge in [0.15, 0.2) is 0 Å². The van der Waals surface area contributed by atoms with E-state index in [9.17, 15) is 14.0 Å². The van der Waals surface area contributed by atoms with Gasteiger partial charge >= 0.3 is 11.9 Å². The summed E-state index contributed by atoms with van der Waals surface area (Å²) in [4.78, 5) is 23.8. The lowest BCUT2D eigenvalue weighted by atomic mass is 9.97. The summed E-state index contributed by atoms with van der Waals surface area (Å²) in [5, 5.41) is 0. The summed E-state index contributed by atoms with van der Waals surface area (Å²) in [6, 6.07) is 13.9. The smallest absolute Gasteiger partial charge is 0.313 e. The Hall–Kier alpha value is -2.69. The minimum atomic E-state index is -0.623. The molecule has 0 aliphatic heterocycles. The molecule has 144 valence electrons. The lowest BCUT2D eigenvalue weighted by Gasteiger charge is -2.17. The van der Waals surface area contributed by atoms with Gasteiger partial charge in [-0.2, -0.15) is 0 Å².